The van der Waals surface area contributed by atoms with Crippen LogP contribution >= 0.6 is 11.3 Å². The van der Waals surface area contributed by atoms with Gasteiger partial charge in [-0.15, -0.1) is 0 Å². The predicted octanol–water partition coefficient (Wildman–Crippen LogP) is 4.46. The molecule has 0 unspecified atom stereocenters. The molecule has 23 heavy (non-hydrogen) atoms. The third kappa shape index (κ3) is 5.36. The number of carbonyl (C=O) groups excluding carboxylic acids is 1. The van der Waals surface area contributed by atoms with Gasteiger partial charge >= 0.3 is 6.03 Å². The average molecular weight is 331 g/mol. The Morgan fingerprint density at radius 2 is 2.22 bits per heavy atom. The van der Waals surface area contributed by atoms with Gasteiger partial charge in [0.1, 0.15) is 0 Å². The van der Waals surface area contributed by atoms with E-state index in [1.54, 1.807) is 17.5 Å². The number of amides is 2. The molecule has 0 aliphatic heterocycles. The van der Waals surface area contributed by atoms with Crippen LogP contribution in [-0.4, -0.2) is 22.5 Å². The number of rotatable bonds is 7. The van der Waals surface area contributed by atoms with E-state index < -0.39 is 0 Å². The van der Waals surface area contributed by atoms with Gasteiger partial charge in [-0.2, -0.15) is 11.3 Å². The number of nitrogens with one attached hydrogen (secondary N) is 1. The van der Waals surface area contributed by atoms with Crippen molar-refractivity contribution >= 4 is 17.4 Å². The molecule has 2 rings (SSSR count). The van der Waals surface area contributed by atoms with Crippen LogP contribution in [0.1, 0.15) is 44.4 Å². The number of thiophene rings is 1. The van der Waals surface area contributed by atoms with E-state index in [1.807, 2.05) is 28.6 Å². The quantitative estimate of drug-likeness (QED) is 0.814. The number of aromatic nitrogens is 1. The lowest BCUT2D eigenvalue weighted by molar-refractivity contribution is 0.183. The molecule has 5 heteroatoms. The Morgan fingerprint density at radius 1 is 1.39 bits per heavy atom. The average Bonchev–Trinajstić information content (AvgIpc) is 3.05. The Kier molecular flexibility index (Phi) is 6.59. The molecule has 2 aromatic heterocycles. The number of pyridine rings is 1. The lowest BCUT2D eigenvalue weighted by atomic mass is 10.1. The van der Waals surface area contributed by atoms with Gasteiger partial charge in [-0.3, -0.25) is 4.98 Å². The highest BCUT2D eigenvalue weighted by Crippen LogP contribution is 2.17. The molecule has 2 aromatic rings. The van der Waals surface area contributed by atoms with Crippen molar-refractivity contribution in [2.45, 2.75) is 39.8 Å². The first-order valence-corrected chi connectivity index (χ1v) is 9.00. The summed E-state index contributed by atoms with van der Waals surface area (Å²) in [5.41, 5.74) is 2.23. The summed E-state index contributed by atoms with van der Waals surface area (Å²) in [6.45, 7) is 7.73. The van der Waals surface area contributed by atoms with Gasteiger partial charge in [0, 0.05) is 25.5 Å². The molecule has 0 fully saturated rings. The first-order chi connectivity index (χ1) is 11.1. The molecule has 0 aliphatic rings. The third-order valence-electron chi connectivity index (χ3n) is 3.62. The standard InChI is InChI=1S/C18H25N3OS/c1-4-17(16-6-5-8-19-10-16)20-18(22)21(11-14(2)3)12-15-7-9-23-13-15/h5-10,13-14,17H,4,11-12H2,1-3H3,(H,20,22)/t17-/m1/s1. The molecular weight excluding hydrogens is 306 g/mol. The van der Waals surface area contributed by atoms with E-state index in [4.69, 9.17) is 0 Å². The van der Waals surface area contributed by atoms with Crippen molar-refractivity contribution in [3.8, 4) is 0 Å². The lowest BCUT2D eigenvalue weighted by Crippen LogP contribution is -2.42. The molecule has 1 N–H and O–H groups in total. The van der Waals surface area contributed by atoms with Crippen molar-refractivity contribution in [1.29, 1.82) is 0 Å². The van der Waals surface area contributed by atoms with Crippen LogP contribution < -0.4 is 5.32 Å². The van der Waals surface area contributed by atoms with E-state index in [1.165, 1.54) is 5.56 Å². The Bertz CT molecular complexity index is 584. The summed E-state index contributed by atoms with van der Waals surface area (Å²) in [5.74, 6) is 0.429. The van der Waals surface area contributed by atoms with Crippen LogP contribution in [0.15, 0.2) is 41.4 Å². The Labute approximate surface area is 142 Å². The molecule has 4 nitrogen and oxygen atoms in total. The molecule has 2 heterocycles. The maximum atomic E-state index is 12.7. The van der Waals surface area contributed by atoms with Crippen LogP contribution in [0.5, 0.6) is 0 Å². The second-order valence-corrected chi connectivity index (χ2v) is 6.88. The molecule has 1 atom stereocenters. The smallest absolute Gasteiger partial charge is 0.318 e. The third-order valence-corrected chi connectivity index (χ3v) is 4.35. The highest BCUT2D eigenvalue weighted by atomic mass is 32.1. The van der Waals surface area contributed by atoms with Crippen molar-refractivity contribution in [1.82, 2.24) is 15.2 Å². The normalized spacial score (nSPS) is 12.2. The van der Waals surface area contributed by atoms with E-state index >= 15 is 0 Å². The van der Waals surface area contributed by atoms with E-state index in [2.05, 4.69) is 42.5 Å². The van der Waals surface area contributed by atoms with Gasteiger partial charge in [0.2, 0.25) is 0 Å². The van der Waals surface area contributed by atoms with Gasteiger partial charge < -0.3 is 10.2 Å². The van der Waals surface area contributed by atoms with Crippen molar-refractivity contribution < 1.29 is 4.79 Å². The highest BCUT2D eigenvalue weighted by molar-refractivity contribution is 7.07. The second kappa shape index (κ2) is 8.67. The van der Waals surface area contributed by atoms with Crippen molar-refractivity contribution in [3.05, 3.63) is 52.5 Å². The fourth-order valence-corrected chi connectivity index (χ4v) is 3.17. The fraction of sp³-hybridized carbons (Fsp3) is 0.444. The molecule has 2 amide bonds. The monoisotopic (exact) mass is 331 g/mol. The Morgan fingerprint density at radius 3 is 2.78 bits per heavy atom. The topological polar surface area (TPSA) is 45.2 Å². The maximum absolute atomic E-state index is 12.7. The van der Waals surface area contributed by atoms with Crippen LogP contribution in [0.2, 0.25) is 0 Å². The second-order valence-electron chi connectivity index (χ2n) is 6.10. The van der Waals surface area contributed by atoms with Gasteiger partial charge in [-0.1, -0.05) is 26.8 Å². The summed E-state index contributed by atoms with van der Waals surface area (Å²) in [6, 6.07) is 5.96. The summed E-state index contributed by atoms with van der Waals surface area (Å²) in [6.07, 6.45) is 4.41. The van der Waals surface area contributed by atoms with Crippen molar-refractivity contribution in [2.24, 2.45) is 5.92 Å². The molecule has 0 spiro atoms. The molecular formula is C18H25N3OS. The van der Waals surface area contributed by atoms with Gasteiger partial charge in [-0.05, 0) is 46.4 Å². The SMILES string of the molecule is CC[C@@H](NC(=O)N(Cc1ccsc1)CC(C)C)c1cccnc1. The summed E-state index contributed by atoms with van der Waals surface area (Å²) >= 11 is 1.66. The molecule has 0 aliphatic carbocycles. The Balaban J connectivity index is 2.06. The van der Waals surface area contributed by atoms with Gasteiger partial charge in [-0.25, -0.2) is 4.79 Å². The Hall–Kier alpha value is -1.88. The number of nitrogens with zero attached hydrogens (tertiary/aromatic N) is 2. The number of hydrogen-bond donors (Lipinski definition) is 1. The maximum Gasteiger partial charge on any atom is 0.318 e. The van der Waals surface area contributed by atoms with Crippen molar-refractivity contribution in [2.75, 3.05) is 6.54 Å². The highest BCUT2D eigenvalue weighted by Gasteiger charge is 2.19. The number of urea groups is 1. The first-order valence-electron chi connectivity index (χ1n) is 8.06. The summed E-state index contributed by atoms with van der Waals surface area (Å²) < 4.78 is 0. The number of carbonyl (C=O) groups is 1. The van der Waals surface area contributed by atoms with E-state index in [0.717, 1.165) is 18.5 Å². The van der Waals surface area contributed by atoms with E-state index in [9.17, 15) is 4.79 Å². The zero-order valence-electron chi connectivity index (χ0n) is 14.0. The molecule has 0 aromatic carbocycles. The van der Waals surface area contributed by atoms with Crippen molar-refractivity contribution in [3.63, 3.8) is 0 Å². The largest absolute Gasteiger partial charge is 0.331 e. The van der Waals surface area contributed by atoms with Gasteiger partial charge in [0.25, 0.3) is 0 Å². The fourth-order valence-electron chi connectivity index (χ4n) is 2.51. The first kappa shape index (κ1) is 17.5. The van der Waals surface area contributed by atoms with Crippen LogP contribution in [-0.2, 0) is 6.54 Å². The zero-order valence-corrected chi connectivity index (χ0v) is 14.8. The minimum atomic E-state index is -0.0133. The zero-order chi connectivity index (χ0) is 16.7. The molecule has 124 valence electrons. The van der Waals surface area contributed by atoms with E-state index in [0.29, 0.717) is 12.5 Å². The van der Waals surface area contributed by atoms with Crippen LogP contribution in [0.4, 0.5) is 4.79 Å². The summed E-state index contributed by atoms with van der Waals surface area (Å²) in [7, 11) is 0. The van der Waals surface area contributed by atoms with Gasteiger partial charge in [0.15, 0.2) is 0 Å². The minimum absolute atomic E-state index is 0.00617. The van der Waals surface area contributed by atoms with Crippen LogP contribution in [0, 0.1) is 5.92 Å². The summed E-state index contributed by atoms with van der Waals surface area (Å²) in [5, 5.41) is 7.29. The minimum Gasteiger partial charge on any atom is -0.331 e. The van der Waals surface area contributed by atoms with Crippen LogP contribution in [0.25, 0.3) is 0 Å². The van der Waals surface area contributed by atoms with E-state index in [-0.39, 0.29) is 12.1 Å². The summed E-state index contributed by atoms with van der Waals surface area (Å²) in [4.78, 5) is 18.8. The number of hydrogen-bond acceptors (Lipinski definition) is 3. The predicted molar refractivity (Wildman–Crippen MR) is 95.4 cm³/mol. The molecule has 0 saturated carbocycles. The molecule has 0 saturated heterocycles. The van der Waals surface area contributed by atoms with Crippen LogP contribution in [0.3, 0.4) is 0 Å². The molecule has 0 bridgehead atoms. The lowest BCUT2D eigenvalue weighted by Gasteiger charge is -2.27. The molecule has 0 radical (unpaired) electrons. The van der Waals surface area contributed by atoms with Gasteiger partial charge in [0.05, 0.1) is 6.04 Å².